The molecule has 0 amide bonds. The van der Waals surface area contributed by atoms with Crippen molar-refractivity contribution in [3.8, 4) is 0 Å². The molecule has 0 saturated carbocycles. The topological polar surface area (TPSA) is 38.9 Å². The van der Waals surface area contributed by atoms with Gasteiger partial charge in [-0.3, -0.25) is 4.98 Å². The zero-order chi connectivity index (χ0) is 13.0. The second-order valence-corrected chi connectivity index (χ2v) is 4.75. The third-order valence-electron chi connectivity index (χ3n) is 2.96. The minimum atomic E-state index is -0.269. The summed E-state index contributed by atoms with van der Waals surface area (Å²) in [6.07, 6.45) is 3.96. The molecule has 0 aliphatic carbocycles. The Balaban J connectivity index is 2.23. The smallest absolute Gasteiger partial charge is 0.0802 e. The first-order valence-electron chi connectivity index (χ1n) is 6.17. The van der Waals surface area contributed by atoms with Gasteiger partial charge in [0.05, 0.1) is 16.8 Å². The van der Waals surface area contributed by atoms with E-state index in [0.717, 1.165) is 24.1 Å². The second-order valence-electron chi connectivity index (χ2n) is 4.34. The minimum Gasteiger partial charge on any atom is -0.319 e. The summed E-state index contributed by atoms with van der Waals surface area (Å²) in [6.45, 7) is 2.17. The second kappa shape index (κ2) is 5.98. The molecule has 1 aromatic carbocycles. The molecule has 2 rings (SSSR count). The third kappa shape index (κ3) is 2.89. The van der Waals surface area contributed by atoms with Crippen LogP contribution in [0, 0.1) is 0 Å². The highest BCUT2D eigenvalue weighted by atomic mass is 35.5. The molecule has 18 heavy (non-hydrogen) atoms. The van der Waals surface area contributed by atoms with Crippen molar-refractivity contribution in [2.45, 2.75) is 25.8 Å². The maximum Gasteiger partial charge on any atom is 0.0802 e. The zero-order valence-electron chi connectivity index (χ0n) is 10.4. The molecule has 3 heteroatoms. The highest BCUT2D eigenvalue weighted by molar-refractivity contribution is 6.31. The monoisotopic (exact) mass is 260 g/mol. The van der Waals surface area contributed by atoms with E-state index in [9.17, 15) is 0 Å². The van der Waals surface area contributed by atoms with Crippen molar-refractivity contribution in [3.63, 3.8) is 0 Å². The molecule has 2 aromatic rings. The molecule has 0 fully saturated rings. The summed E-state index contributed by atoms with van der Waals surface area (Å²) in [5.41, 5.74) is 9.29. The van der Waals surface area contributed by atoms with Crippen molar-refractivity contribution in [1.29, 1.82) is 0 Å². The lowest BCUT2D eigenvalue weighted by atomic mass is 10.0. The molecule has 0 spiro atoms. The van der Waals surface area contributed by atoms with Crippen LogP contribution in [0.25, 0.3) is 0 Å². The van der Waals surface area contributed by atoms with Crippen LogP contribution >= 0.6 is 11.6 Å². The van der Waals surface area contributed by atoms with Crippen LogP contribution in [0.3, 0.4) is 0 Å². The van der Waals surface area contributed by atoms with Crippen molar-refractivity contribution >= 4 is 11.6 Å². The van der Waals surface area contributed by atoms with Gasteiger partial charge in [0.1, 0.15) is 0 Å². The van der Waals surface area contributed by atoms with Crippen LogP contribution in [0.4, 0.5) is 0 Å². The molecular weight excluding hydrogens is 244 g/mol. The molecule has 2 N–H and O–H groups in total. The van der Waals surface area contributed by atoms with Gasteiger partial charge in [0, 0.05) is 6.20 Å². The number of aryl methyl sites for hydroxylation is 1. The molecule has 94 valence electrons. The normalized spacial score (nSPS) is 12.4. The molecule has 1 atom stereocenters. The SMILES string of the molecule is CCCc1ccc(C(N)c2ncccc2Cl)cc1. The van der Waals surface area contributed by atoms with Gasteiger partial charge >= 0.3 is 0 Å². The maximum atomic E-state index is 6.19. The Labute approximate surface area is 113 Å². The Hall–Kier alpha value is -1.38. The first-order chi connectivity index (χ1) is 8.72. The van der Waals surface area contributed by atoms with E-state index in [4.69, 9.17) is 17.3 Å². The Morgan fingerprint density at radius 1 is 1.22 bits per heavy atom. The summed E-state index contributed by atoms with van der Waals surface area (Å²) in [5, 5.41) is 0.614. The van der Waals surface area contributed by atoms with Crippen LogP contribution in [0.1, 0.15) is 36.2 Å². The van der Waals surface area contributed by atoms with Gasteiger partial charge in [-0.2, -0.15) is 0 Å². The van der Waals surface area contributed by atoms with E-state index >= 15 is 0 Å². The van der Waals surface area contributed by atoms with Crippen molar-refractivity contribution in [3.05, 3.63) is 64.4 Å². The van der Waals surface area contributed by atoms with Crippen LogP contribution < -0.4 is 5.73 Å². The standard InChI is InChI=1S/C15H17ClN2/c1-2-4-11-6-8-12(9-7-11)14(17)15-13(16)5-3-10-18-15/h3,5-10,14H,2,4,17H2,1H3. The van der Waals surface area contributed by atoms with E-state index in [1.807, 2.05) is 12.1 Å². The predicted octanol–water partition coefficient (Wildman–Crippen LogP) is 3.74. The first-order valence-corrected chi connectivity index (χ1v) is 6.55. The van der Waals surface area contributed by atoms with Crippen LogP contribution in [0.15, 0.2) is 42.6 Å². The van der Waals surface area contributed by atoms with Gasteiger partial charge in [-0.1, -0.05) is 49.2 Å². The van der Waals surface area contributed by atoms with Gasteiger partial charge in [0.2, 0.25) is 0 Å². The summed E-state index contributed by atoms with van der Waals surface area (Å²) in [7, 11) is 0. The van der Waals surface area contributed by atoms with Crippen LogP contribution in [0.2, 0.25) is 5.02 Å². The molecule has 1 aromatic heterocycles. The summed E-state index contributed by atoms with van der Waals surface area (Å²) >= 11 is 6.11. The van der Waals surface area contributed by atoms with Crippen LogP contribution in [0.5, 0.6) is 0 Å². The number of aromatic nitrogens is 1. The fraction of sp³-hybridized carbons (Fsp3) is 0.267. The summed E-state index contributed by atoms with van der Waals surface area (Å²) < 4.78 is 0. The largest absolute Gasteiger partial charge is 0.319 e. The fourth-order valence-corrected chi connectivity index (χ4v) is 2.20. The zero-order valence-corrected chi connectivity index (χ0v) is 11.2. The number of benzene rings is 1. The number of nitrogens with two attached hydrogens (primary N) is 1. The summed E-state index contributed by atoms with van der Waals surface area (Å²) in [5.74, 6) is 0. The highest BCUT2D eigenvalue weighted by Crippen LogP contribution is 2.24. The van der Waals surface area contributed by atoms with Gasteiger partial charge in [0.15, 0.2) is 0 Å². The van der Waals surface area contributed by atoms with Crippen molar-refractivity contribution in [1.82, 2.24) is 4.98 Å². The molecule has 0 radical (unpaired) electrons. The number of halogens is 1. The van der Waals surface area contributed by atoms with Gasteiger partial charge in [0.25, 0.3) is 0 Å². The molecule has 0 aliphatic heterocycles. The van der Waals surface area contributed by atoms with Gasteiger partial charge in [-0.15, -0.1) is 0 Å². The number of hydrogen-bond donors (Lipinski definition) is 1. The van der Waals surface area contributed by atoms with Gasteiger partial charge < -0.3 is 5.73 Å². The minimum absolute atomic E-state index is 0.269. The quantitative estimate of drug-likeness (QED) is 0.910. The average Bonchev–Trinajstić information content (AvgIpc) is 2.40. The van der Waals surface area contributed by atoms with E-state index in [1.165, 1.54) is 5.56 Å². The fourth-order valence-electron chi connectivity index (χ4n) is 1.96. The number of rotatable bonds is 4. The number of nitrogens with zero attached hydrogens (tertiary/aromatic N) is 1. The molecule has 2 nitrogen and oxygen atoms in total. The van der Waals surface area contributed by atoms with Crippen molar-refractivity contribution in [2.24, 2.45) is 5.73 Å². The van der Waals surface area contributed by atoms with Gasteiger partial charge in [-0.25, -0.2) is 0 Å². The molecule has 0 saturated heterocycles. The average molecular weight is 261 g/mol. The lowest BCUT2D eigenvalue weighted by Gasteiger charge is -2.13. The highest BCUT2D eigenvalue weighted by Gasteiger charge is 2.13. The number of pyridine rings is 1. The molecule has 0 bridgehead atoms. The van der Waals surface area contributed by atoms with E-state index in [0.29, 0.717) is 5.02 Å². The Kier molecular flexibility index (Phi) is 4.34. The van der Waals surface area contributed by atoms with Crippen LogP contribution in [-0.2, 0) is 6.42 Å². The predicted molar refractivity (Wildman–Crippen MR) is 75.7 cm³/mol. The third-order valence-corrected chi connectivity index (χ3v) is 3.28. The maximum absolute atomic E-state index is 6.19. The Morgan fingerprint density at radius 3 is 2.56 bits per heavy atom. The van der Waals surface area contributed by atoms with E-state index in [-0.39, 0.29) is 6.04 Å². The summed E-state index contributed by atoms with van der Waals surface area (Å²) in [4.78, 5) is 4.26. The van der Waals surface area contributed by atoms with E-state index in [2.05, 4.69) is 36.2 Å². The lowest BCUT2D eigenvalue weighted by Crippen LogP contribution is -2.14. The first kappa shape index (κ1) is 13.1. The molecular formula is C15H17ClN2. The van der Waals surface area contributed by atoms with E-state index in [1.54, 1.807) is 6.20 Å². The van der Waals surface area contributed by atoms with Crippen molar-refractivity contribution < 1.29 is 0 Å². The van der Waals surface area contributed by atoms with Crippen molar-refractivity contribution in [2.75, 3.05) is 0 Å². The van der Waals surface area contributed by atoms with E-state index < -0.39 is 0 Å². The molecule has 0 aliphatic rings. The lowest BCUT2D eigenvalue weighted by molar-refractivity contribution is 0.826. The Morgan fingerprint density at radius 2 is 1.94 bits per heavy atom. The molecule has 1 heterocycles. The van der Waals surface area contributed by atoms with Crippen LogP contribution in [-0.4, -0.2) is 4.98 Å². The molecule has 1 unspecified atom stereocenters. The van der Waals surface area contributed by atoms with Gasteiger partial charge in [-0.05, 0) is 29.7 Å². The summed E-state index contributed by atoms with van der Waals surface area (Å²) in [6, 6.07) is 11.7. The Bertz CT molecular complexity index is 508. The number of hydrogen-bond acceptors (Lipinski definition) is 2.